The number of aliphatic hydroxyl groups is 1. The molecule has 2 atom stereocenters. The highest BCUT2D eigenvalue weighted by Crippen LogP contribution is 2.43. The van der Waals surface area contributed by atoms with Gasteiger partial charge in [-0.15, -0.1) is 0 Å². The Hall–Kier alpha value is -1.35. The normalized spacial score (nSPS) is 27.7. The first-order valence-corrected chi connectivity index (χ1v) is 5.47. The number of carbonyl (C=O) groups is 1. The molecule has 0 radical (unpaired) electrons. The molecule has 0 aliphatic heterocycles. The minimum atomic E-state index is -0.789. The molecule has 1 aromatic rings. The van der Waals surface area contributed by atoms with Crippen LogP contribution in [0.3, 0.4) is 0 Å². The molecule has 0 fully saturated rings. The summed E-state index contributed by atoms with van der Waals surface area (Å²) in [7, 11) is 0. The maximum Gasteiger partial charge on any atom is 0.167 e. The van der Waals surface area contributed by atoms with E-state index in [9.17, 15) is 9.90 Å². The molecule has 0 amide bonds. The molecule has 0 saturated heterocycles. The van der Waals surface area contributed by atoms with Gasteiger partial charge in [-0.2, -0.15) is 0 Å². The van der Waals surface area contributed by atoms with E-state index in [-0.39, 0.29) is 5.78 Å². The van der Waals surface area contributed by atoms with Gasteiger partial charge in [0.05, 0.1) is 24.0 Å². The number of Topliss-reactive ketones (excluding diaryl/α,β-unsaturated/α-hetero) is 1. The van der Waals surface area contributed by atoms with Crippen LogP contribution in [0.2, 0.25) is 0 Å². The van der Waals surface area contributed by atoms with Gasteiger partial charge >= 0.3 is 0 Å². The molecule has 3 nitrogen and oxygen atoms in total. The van der Waals surface area contributed by atoms with Crippen LogP contribution < -0.4 is 0 Å². The van der Waals surface area contributed by atoms with Crippen molar-refractivity contribution in [2.75, 3.05) is 0 Å². The Labute approximate surface area is 94.8 Å². The summed E-state index contributed by atoms with van der Waals surface area (Å²) in [4.78, 5) is 12.1. The van der Waals surface area contributed by atoms with Crippen LogP contribution >= 0.6 is 0 Å². The van der Waals surface area contributed by atoms with Crippen molar-refractivity contribution in [1.29, 1.82) is 0 Å². The molecule has 86 valence electrons. The minimum absolute atomic E-state index is 0.0347. The fourth-order valence-corrected chi connectivity index (χ4v) is 2.30. The Bertz CT molecular complexity index is 416. The summed E-state index contributed by atoms with van der Waals surface area (Å²) in [5.41, 5.74) is 0.699. The maximum absolute atomic E-state index is 12.1. The Morgan fingerprint density at radius 3 is 2.94 bits per heavy atom. The lowest BCUT2D eigenvalue weighted by Crippen LogP contribution is -2.37. The average molecular weight is 220 g/mol. The largest absolute Gasteiger partial charge is 0.472 e. The lowest BCUT2D eigenvalue weighted by atomic mass is 9.69. The number of furan rings is 1. The zero-order valence-electron chi connectivity index (χ0n) is 9.56. The molecular formula is C13H16O3. The van der Waals surface area contributed by atoms with Gasteiger partial charge in [-0.1, -0.05) is 6.08 Å². The highest BCUT2D eigenvalue weighted by molar-refractivity contribution is 6.00. The van der Waals surface area contributed by atoms with Crippen molar-refractivity contribution in [1.82, 2.24) is 0 Å². The topological polar surface area (TPSA) is 50.4 Å². The van der Waals surface area contributed by atoms with E-state index in [1.54, 1.807) is 6.07 Å². The summed E-state index contributed by atoms with van der Waals surface area (Å²) >= 11 is 0. The van der Waals surface area contributed by atoms with Crippen LogP contribution in [0.1, 0.15) is 38.4 Å². The number of allylic oxidation sites excluding steroid dienone is 2. The first kappa shape index (κ1) is 11.1. The highest BCUT2D eigenvalue weighted by Gasteiger charge is 2.43. The van der Waals surface area contributed by atoms with Crippen molar-refractivity contribution in [2.24, 2.45) is 5.41 Å². The maximum atomic E-state index is 12.1. The van der Waals surface area contributed by atoms with Gasteiger partial charge in [0.15, 0.2) is 5.78 Å². The molecule has 2 rings (SSSR count). The van der Waals surface area contributed by atoms with Gasteiger partial charge in [0.2, 0.25) is 0 Å². The third-order valence-corrected chi connectivity index (χ3v) is 3.45. The van der Waals surface area contributed by atoms with Crippen LogP contribution in [0.25, 0.3) is 0 Å². The smallest absolute Gasteiger partial charge is 0.167 e. The number of aliphatic hydroxyl groups excluding tert-OH is 1. The molecule has 1 aliphatic carbocycles. The zero-order chi connectivity index (χ0) is 11.8. The molecule has 0 saturated carbocycles. The fraction of sp³-hybridized carbons (Fsp3) is 0.462. The van der Waals surface area contributed by atoms with E-state index < -0.39 is 11.5 Å². The SMILES string of the molecule is CC1=CCC[C@@](C)([C@@H](O)c2ccoc2)C1=O. The van der Waals surface area contributed by atoms with E-state index in [1.807, 2.05) is 19.9 Å². The van der Waals surface area contributed by atoms with Crippen LogP contribution in [-0.4, -0.2) is 10.9 Å². The van der Waals surface area contributed by atoms with Gasteiger partial charge in [0.25, 0.3) is 0 Å². The van der Waals surface area contributed by atoms with Gasteiger partial charge in [-0.3, -0.25) is 4.79 Å². The monoisotopic (exact) mass is 220 g/mol. The van der Waals surface area contributed by atoms with Crippen LogP contribution in [0, 0.1) is 5.41 Å². The van der Waals surface area contributed by atoms with Gasteiger partial charge < -0.3 is 9.52 Å². The van der Waals surface area contributed by atoms with Gasteiger partial charge in [0, 0.05) is 5.56 Å². The Balaban J connectivity index is 2.32. The number of rotatable bonds is 2. The van der Waals surface area contributed by atoms with Gasteiger partial charge in [-0.25, -0.2) is 0 Å². The number of hydrogen-bond donors (Lipinski definition) is 1. The average Bonchev–Trinajstić information content (AvgIpc) is 2.78. The molecule has 0 aromatic carbocycles. The predicted molar refractivity (Wildman–Crippen MR) is 59.8 cm³/mol. The Morgan fingerprint density at radius 1 is 1.56 bits per heavy atom. The van der Waals surface area contributed by atoms with Crippen LogP contribution in [-0.2, 0) is 4.79 Å². The van der Waals surface area contributed by atoms with Gasteiger partial charge in [0.1, 0.15) is 0 Å². The number of ketones is 1. The third-order valence-electron chi connectivity index (χ3n) is 3.45. The fourth-order valence-electron chi connectivity index (χ4n) is 2.30. The molecule has 0 spiro atoms. The first-order valence-electron chi connectivity index (χ1n) is 5.47. The molecule has 3 heteroatoms. The van der Waals surface area contributed by atoms with E-state index in [0.717, 1.165) is 12.0 Å². The van der Waals surface area contributed by atoms with E-state index in [1.165, 1.54) is 12.5 Å². The molecule has 1 heterocycles. The van der Waals surface area contributed by atoms with Crippen LogP contribution in [0.4, 0.5) is 0 Å². The molecular weight excluding hydrogens is 204 g/mol. The summed E-state index contributed by atoms with van der Waals surface area (Å²) in [6.45, 7) is 3.63. The molecule has 1 N–H and O–H groups in total. The predicted octanol–water partition coefficient (Wildman–Crippen LogP) is 2.63. The van der Waals surface area contributed by atoms with Crippen LogP contribution in [0.5, 0.6) is 0 Å². The van der Waals surface area contributed by atoms with Crippen molar-refractivity contribution < 1.29 is 14.3 Å². The quantitative estimate of drug-likeness (QED) is 0.833. The second-order valence-electron chi connectivity index (χ2n) is 4.63. The van der Waals surface area contributed by atoms with Crippen molar-refractivity contribution in [3.63, 3.8) is 0 Å². The van der Waals surface area contributed by atoms with Crippen molar-refractivity contribution >= 4 is 5.78 Å². The zero-order valence-corrected chi connectivity index (χ0v) is 9.56. The minimum Gasteiger partial charge on any atom is -0.472 e. The number of hydrogen-bond acceptors (Lipinski definition) is 3. The molecule has 1 aliphatic rings. The van der Waals surface area contributed by atoms with E-state index in [0.29, 0.717) is 12.0 Å². The van der Waals surface area contributed by atoms with Crippen molar-refractivity contribution in [2.45, 2.75) is 32.8 Å². The molecule has 16 heavy (non-hydrogen) atoms. The summed E-state index contributed by atoms with van der Waals surface area (Å²) in [5.74, 6) is 0.0347. The lowest BCUT2D eigenvalue weighted by molar-refractivity contribution is -0.132. The Morgan fingerprint density at radius 2 is 2.31 bits per heavy atom. The summed E-state index contributed by atoms with van der Waals surface area (Å²) in [6, 6.07) is 1.71. The lowest BCUT2D eigenvalue weighted by Gasteiger charge is -2.35. The summed E-state index contributed by atoms with van der Waals surface area (Å²) < 4.78 is 4.95. The van der Waals surface area contributed by atoms with Crippen molar-refractivity contribution in [3.8, 4) is 0 Å². The summed E-state index contributed by atoms with van der Waals surface area (Å²) in [5, 5.41) is 10.3. The van der Waals surface area contributed by atoms with Crippen molar-refractivity contribution in [3.05, 3.63) is 35.8 Å². The summed E-state index contributed by atoms with van der Waals surface area (Å²) in [6.07, 6.45) is 5.67. The second-order valence-corrected chi connectivity index (χ2v) is 4.63. The second kappa shape index (κ2) is 3.91. The standard InChI is InChI=1S/C13H16O3/c1-9-4-3-6-13(2,11(9)14)12(15)10-5-7-16-8-10/h4-5,7-8,12,15H,3,6H2,1-2H3/t12-,13+/m0/s1. The van der Waals surface area contributed by atoms with Gasteiger partial charge in [-0.05, 0) is 38.3 Å². The van der Waals surface area contributed by atoms with E-state index in [4.69, 9.17) is 4.42 Å². The van der Waals surface area contributed by atoms with E-state index >= 15 is 0 Å². The highest BCUT2D eigenvalue weighted by atomic mass is 16.3. The molecule has 0 unspecified atom stereocenters. The van der Waals surface area contributed by atoms with E-state index in [2.05, 4.69) is 0 Å². The Kier molecular flexibility index (Phi) is 2.72. The third kappa shape index (κ3) is 1.61. The first-order chi connectivity index (χ1) is 7.55. The molecule has 0 bridgehead atoms. The molecule has 1 aromatic heterocycles. The number of carbonyl (C=O) groups excluding carboxylic acids is 1. The van der Waals surface area contributed by atoms with Crippen LogP contribution in [0.15, 0.2) is 34.7 Å².